The Morgan fingerprint density at radius 1 is 1.11 bits per heavy atom. The molecule has 3 heterocycles. The highest BCUT2D eigenvalue weighted by atomic mass is 16.5. The molecule has 6 rings (SSSR count). The summed E-state index contributed by atoms with van der Waals surface area (Å²) in [6.45, 7) is 2.49. The smallest absolute Gasteiger partial charge is 0.340 e. The van der Waals surface area contributed by atoms with Crippen LogP contribution in [0, 0.1) is 6.92 Å². The van der Waals surface area contributed by atoms with Gasteiger partial charge < -0.3 is 14.5 Å². The molecule has 2 aromatic heterocycles. The van der Waals surface area contributed by atoms with Crippen molar-refractivity contribution in [1.82, 2.24) is 14.8 Å². The second-order valence-corrected chi connectivity index (χ2v) is 10.3. The van der Waals surface area contributed by atoms with Crippen molar-refractivity contribution in [2.45, 2.75) is 70.4 Å². The molecule has 0 unspecified atom stereocenters. The molecule has 0 atom stereocenters. The molecular weight excluding hydrogens is 468 g/mol. The number of amides is 1. The minimum absolute atomic E-state index is 0.0541. The third-order valence-corrected chi connectivity index (χ3v) is 7.80. The number of anilines is 1. The molecule has 190 valence electrons. The number of carbonyl (C=O) groups is 1. The fourth-order valence-corrected chi connectivity index (χ4v) is 5.71. The van der Waals surface area contributed by atoms with Crippen LogP contribution in [0.2, 0.25) is 0 Å². The Bertz CT molecular complexity index is 1500. The molecule has 2 aromatic carbocycles. The first kappa shape index (κ1) is 23.5. The Hall–Kier alpha value is -3.94. The van der Waals surface area contributed by atoms with Gasteiger partial charge in [-0.15, -0.1) is 0 Å². The van der Waals surface area contributed by atoms with Gasteiger partial charge >= 0.3 is 5.63 Å². The summed E-state index contributed by atoms with van der Waals surface area (Å²) in [6.07, 6.45) is 10.9. The van der Waals surface area contributed by atoms with Gasteiger partial charge in [0.2, 0.25) is 5.91 Å². The number of nitrogens with one attached hydrogen (secondary N) is 1. The largest absolute Gasteiger partial charge is 0.487 e. The summed E-state index contributed by atoms with van der Waals surface area (Å²) in [5, 5.41) is 7.85. The summed E-state index contributed by atoms with van der Waals surface area (Å²) < 4.78 is 13.9. The van der Waals surface area contributed by atoms with Gasteiger partial charge in [-0.3, -0.25) is 4.79 Å². The zero-order valence-corrected chi connectivity index (χ0v) is 21.0. The Labute approximate surface area is 214 Å². The first-order valence-electron chi connectivity index (χ1n) is 13.0. The van der Waals surface area contributed by atoms with Gasteiger partial charge in [-0.2, -0.15) is 5.10 Å². The minimum Gasteiger partial charge on any atom is -0.487 e. The molecule has 37 heavy (non-hydrogen) atoms. The van der Waals surface area contributed by atoms with E-state index in [-0.39, 0.29) is 17.9 Å². The molecule has 2 aliphatic rings. The third-order valence-electron chi connectivity index (χ3n) is 7.80. The van der Waals surface area contributed by atoms with Gasteiger partial charge in [-0.1, -0.05) is 18.6 Å². The summed E-state index contributed by atoms with van der Waals surface area (Å²) in [5.41, 5.74) is 3.98. The third kappa shape index (κ3) is 4.75. The lowest BCUT2D eigenvalue weighted by molar-refractivity contribution is -0.115. The van der Waals surface area contributed by atoms with Crippen LogP contribution in [0.25, 0.3) is 11.0 Å². The van der Waals surface area contributed by atoms with E-state index in [2.05, 4.69) is 21.5 Å². The van der Waals surface area contributed by atoms with Crippen molar-refractivity contribution in [2.75, 3.05) is 5.32 Å². The van der Waals surface area contributed by atoms with Crippen molar-refractivity contribution in [2.24, 2.45) is 0 Å². The number of rotatable bonds is 5. The van der Waals surface area contributed by atoms with Crippen molar-refractivity contribution in [1.29, 1.82) is 0 Å². The van der Waals surface area contributed by atoms with Crippen molar-refractivity contribution in [3.05, 3.63) is 81.7 Å². The standard InChI is InChI=1S/C29H30N4O4/c1-19-23-13-21-9-12-29(10-3-2-4-11-29)37-25(21)15-26(23)36-28(35)24(19)14-27(34)32-22-7-5-20(6-8-22)16-33-18-30-17-31-33/h5-8,13,15,17-18H,2-4,9-12,14,16H2,1H3,(H,32,34). The second-order valence-electron chi connectivity index (χ2n) is 10.3. The lowest BCUT2D eigenvalue weighted by atomic mass is 9.79. The Balaban J connectivity index is 1.19. The maximum atomic E-state index is 12.9. The van der Waals surface area contributed by atoms with Crippen LogP contribution in [0.3, 0.4) is 0 Å². The molecule has 1 N–H and O–H groups in total. The van der Waals surface area contributed by atoms with Gasteiger partial charge in [-0.05, 0) is 80.3 Å². The quantitative estimate of drug-likeness (QED) is 0.391. The van der Waals surface area contributed by atoms with E-state index in [1.54, 1.807) is 11.0 Å². The Morgan fingerprint density at radius 2 is 1.92 bits per heavy atom. The van der Waals surface area contributed by atoms with E-state index in [0.29, 0.717) is 23.4 Å². The molecule has 1 amide bonds. The van der Waals surface area contributed by atoms with Crippen LogP contribution in [0.15, 0.2) is 58.3 Å². The zero-order valence-electron chi connectivity index (χ0n) is 21.0. The average molecular weight is 499 g/mol. The number of carbonyl (C=O) groups excluding carboxylic acids is 1. The van der Waals surface area contributed by atoms with Crippen LogP contribution in [0.1, 0.15) is 60.8 Å². The van der Waals surface area contributed by atoms with Crippen LogP contribution in [0.5, 0.6) is 5.75 Å². The van der Waals surface area contributed by atoms with Crippen LogP contribution in [0.4, 0.5) is 5.69 Å². The summed E-state index contributed by atoms with van der Waals surface area (Å²) in [5.74, 6) is 0.570. The van der Waals surface area contributed by atoms with E-state index >= 15 is 0 Å². The lowest BCUT2D eigenvalue weighted by Crippen LogP contribution is -2.41. The highest BCUT2D eigenvalue weighted by molar-refractivity contribution is 5.93. The van der Waals surface area contributed by atoms with Gasteiger partial charge in [0.05, 0.1) is 18.5 Å². The highest BCUT2D eigenvalue weighted by Gasteiger charge is 2.37. The fourth-order valence-electron chi connectivity index (χ4n) is 5.71. The van der Waals surface area contributed by atoms with Crippen molar-refractivity contribution in [3.63, 3.8) is 0 Å². The molecule has 0 radical (unpaired) electrons. The number of aryl methyl sites for hydroxylation is 2. The number of ether oxygens (including phenoxy) is 1. The van der Waals surface area contributed by atoms with Gasteiger partial charge in [-0.25, -0.2) is 14.5 Å². The molecule has 8 nitrogen and oxygen atoms in total. The van der Waals surface area contributed by atoms with E-state index in [1.165, 1.54) is 25.6 Å². The maximum Gasteiger partial charge on any atom is 0.340 e. The molecule has 1 fully saturated rings. The molecule has 4 aromatic rings. The SMILES string of the molecule is Cc1c(CC(=O)Nc2ccc(Cn3cncn3)cc2)c(=O)oc2cc3c(cc12)CCC1(CCCCC1)O3. The zero-order chi connectivity index (χ0) is 25.4. The first-order chi connectivity index (χ1) is 18.0. The van der Waals surface area contributed by atoms with E-state index in [1.807, 2.05) is 37.3 Å². The summed E-state index contributed by atoms with van der Waals surface area (Å²) in [4.78, 5) is 29.7. The van der Waals surface area contributed by atoms with E-state index < -0.39 is 5.63 Å². The Kier molecular flexibility index (Phi) is 6.02. The second kappa shape index (κ2) is 9.50. The van der Waals surface area contributed by atoms with Gasteiger partial charge in [0, 0.05) is 17.1 Å². The number of hydrogen-bond acceptors (Lipinski definition) is 6. The lowest BCUT2D eigenvalue weighted by Gasteiger charge is -2.41. The molecule has 8 heteroatoms. The fraction of sp³-hybridized carbons (Fsp3) is 0.379. The molecular formula is C29H30N4O4. The minimum atomic E-state index is -0.480. The Morgan fingerprint density at radius 3 is 2.68 bits per heavy atom. The first-order valence-corrected chi connectivity index (χ1v) is 13.0. The van der Waals surface area contributed by atoms with Crippen molar-refractivity contribution < 1.29 is 13.9 Å². The molecule has 1 aliphatic carbocycles. The summed E-state index contributed by atoms with van der Waals surface area (Å²) in [6, 6.07) is 11.5. The number of aromatic nitrogens is 3. The average Bonchev–Trinajstić information content (AvgIpc) is 3.40. The molecule has 1 aliphatic heterocycles. The molecule has 0 saturated heterocycles. The maximum absolute atomic E-state index is 12.9. The topological polar surface area (TPSA) is 99.2 Å². The van der Waals surface area contributed by atoms with Gasteiger partial charge in [0.15, 0.2) is 0 Å². The number of hydrogen-bond donors (Lipinski definition) is 1. The predicted molar refractivity (Wildman–Crippen MR) is 140 cm³/mol. The molecule has 0 bridgehead atoms. The summed E-state index contributed by atoms with van der Waals surface area (Å²) >= 11 is 0. The van der Waals surface area contributed by atoms with Gasteiger partial charge in [0.1, 0.15) is 29.6 Å². The number of fused-ring (bicyclic) bond motifs is 2. The monoisotopic (exact) mass is 498 g/mol. The van der Waals surface area contributed by atoms with E-state index in [0.717, 1.165) is 53.5 Å². The van der Waals surface area contributed by atoms with Gasteiger partial charge in [0.25, 0.3) is 0 Å². The normalized spacial score (nSPS) is 16.4. The van der Waals surface area contributed by atoms with Crippen molar-refractivity contribution in [3.8, 4) is 5.75 Å². The van der Waals surface area contributed by atoms with Crippen LogP contribution in [-0.4, -0.2) is 26.3 Å². The van der Waals surface area contributed by atoms with Crippen LogP contribution in [-0.2, 0) is 24.2 Å². The highest BCUT2D eigenvalue weighted by Crippen LogP contribution is 2.43. The van der Waals surface area contributed by atoms with E-state index in [4.69, 9.17) is 9.15 Å². The predicted octanol–water partition coefficient (Wildman–Crippen LogP) is 4.95. The molecule has 1 spiro atoms. The van der Waals surface area contributed by atoms with E-state index in [9.17, 15) is 9.59 Å². The van der Waals surface area contributed by atoms with Crippen LogP contribution < -0.4 is 15.7 Å². The molecule has 1 saturated carbocycles. The number of nitrogens with zero attached hydrogens (tertiary/aromatic N) is 3. The number of benzene rings is 2. The van der Waals surface area contributed by atoms with Crippen molar-refractivity contribution >= 4 is 22.6 Å². The summed E-state index contributed by atoms with van der Waals surface area (Å²) in [7, 11) is 0. The van der Waals surface area contributed by atoms with Crippen LogP contribution >= 0.6 is 0 Å².